The number of hydrogen-bond acceptors (Lipinski definition) is 26. The molecular weight excluding hydrogens is 1650 g/mol. The monoisotopic (exact) mass is 1760 g/mol. The van der Waals surface area contributed by atoms with Gasteiger partial charge < -0.3 is 52.8 Å². The quantitative estimate of drug-likeness (QED) is 0.0267. The number of amides is 2. The number of carbonyl (C=O) groups excluding carboxylic acids is 2. The predicted molar refractivity (Wildman–Crippen MR) is 461 cm³/mol. The molecule has 0 unspecified atom stereocenters. The minimum atomic E-state index is -5.84. The summed E-state index contributed by atoms with van der Waals surface area (Å²) in [7, 11) is -6.17. The smallest absolute Gasteiger partial charge is 0.481 e. The number of anilines is 1. The topological polar surface area (TPSA) is 273 Å². The van der Waals surface area contributed by atoms with Crippen LogP contribution in [0.1, 0.15) is 123 Å². The number of aliphatic carboxylic acids is 1. The Balaban J connectivity index is 0.000000167. The number of aromatic nitrogens is 3. The second-order valence-electron chi connectivity index (χ2n) is 32.3. The van der Waals surface area contributed by atoms with E-state index in [0.29, 0.717) is 29.7 Å². The molecule has 7 aliphatic rings. The maximum atomic E-state index is 12.9. The van der Waals surface area contributed by atoms with Crippen LogP contribution in [0, 0.1) is 11.8 Å². The number of carboxylic acid groups (broad SMARTS) is 1. The van der Waals surface area contributed by atoms with Gasteiger partial charge in [0, 0.05) is 137 Å². The van der Waals surface area contributed by atoms with Crippen molar-refractivity contribution in [1.82, 2.24) is 44.4 Å². The molecule has 117 heavy (non-hydrogen) atoms. The molecule has 25 nitrogen and oxygen atoms in total. The number of benzene rings is 4. The van der Waals surface area contributed by atoms with E-state index < -0.39 is 44.8 Å². The van der Waals surface area contributed by atoms with Gasteiger partial charge in [-0.1, -0.05) is 55.3 Å². The van der Waals surface area contributed by atoms with Crippen LogP contribution in [0.2, 0.25) is 10.0 Å². The number of carboxylic acids is 1. The lowest BCUT2D eigenvalue weighted by atomic mass is 9.79. The maximum absolute atomic E-state index is 12.9. The van der Waals surface area contributed by atoms with Gasteiger partial charge in [0.05, 0.1) is 122 Å². The molecule has 0 spiro atoms. The molecule has 0 bridgehead atoms. The number of morpholine rings is 4. The summed E-state index contributed by atoms with van der Waals surface area (Å²) in [6.45, 7) is 41.5. The van der Waals surface area contributed by atoms with Crippen molar-refractivity contribution in [3.63, 3.8) is 0 Å². The molecule has 0 saturated carbocycles. The van der Waals surface area contributed by atoms with Gasteiger partial charge in [-0.05, 0) is 166 Å². The van der Waals surface area contributed by atoms with E-state index in [2.05, 4.69) is 118 Å². The fourth-order valence-electron chi connectivity index (χ4n) is 12.6. The number of halogens is 5. The summed E-state index contributed by atoms with van der Waals surface area (Å²) >= 11 is 20.9. The molecular formula is C81H112BCl2F3N10O15S5. The van der Waals surface area contributed by atoms with Gasteiger partial charge in [0.25, 0.3) is 0 Å². The van der Waals surface area contributed by atoms with Crippen LogP contribution in [0.3, 0.4) is 0 Å². The average molecular weight is 1760 g/mol. The lowest BCUT2D eigenvalue weighted by molar-refractivity contribution is -0.137. The zero-order valence-electron chi connectivity index (χ0n) is 68.8. The first-order valence-electron chi connectivity index (χ1n) is 39.4. The number of allylic oxidation sites excluding steroid dienone is 2. The molecule has 10 heterocycles. The third kappa shape index (κ3) is 29.9. The molecule has 36 heteroatoms. The molecule has 7 aromatic rings. The van der Waals surface area contributed by atoms with Crippen molar-refractivity contribution < 1.29 is 83.0 Å². The molecule has 5 fully saturated rings. The van der Waals surface area contributed by atoms with Crippen molar-refractivity contribution >= 4 is 153 Å². The number of alkyl halides is 3. The summed E-state index contributed by atoms with van der Waals surface area (Å²) in [5, 5.41) is 13.3. The summed E-state index contributed by atoms with van der Waals surface area (Å²) in [5.41, 5.74) is 4.52. The number of rotatable bonds is 16. The highest BCUT2D eigenvalue weighted by Gasteiger charge is 2.52. The lowest BCUT2D eigenvalue weighted by Crippen LogP contribution is -2.42. The average Bonchev–Trinajstić information content (AvgIpc) is 1.63. The van der Waals surface area contributed by atoms with Gasteiger partial charge in [-0.2, -0.15) is 21.6 Å². The van der Waals surface area contributed by atoms with Crippen LogP contribution in [0.4, 0.5) is 28.4 Å². The number of nitrogens with two attached hydrogens (primary N) is 1. The second kappa shape index (κ2) is 43.1. The first-order valence-corrected chi connectivity index (χ1v) is 44.5. The largest absolute Gasteiger partial charge is 0.534 e. The number of thiazole rings is 3. The van der Waals surface area contributed by atoms with E-state index in [1.165, 1.54) is 24.1 Å². The van der Waals surface area contributed by atoms with Crippen molar-refractivity contribution in [3.05, 3.63) is 121 Å². The highest BCUT2D eigenvalue weighted by atomic mass is 35.5. The standard InChI is InChI=1S/C24H33N3O3S.C19H27BN2O3S.C13H15ClN2OS.C12H18F3NO5S.C7H13NO3.C6H6ClNS/c1-17-5-7-20(27(16-17)23(28)30-24(2,3)4)18-6-8-21-19(15-18)25-22(31-21)9-10-26-11-13-29-14-12-26;1-18(2)19(3,4)25-20(24-18)14-5-6-16-15(13-14)21-17(26-16)7-8-22-9-11-23-12-10-22;14-10-1-2-12-11(9-10)15-13(18-12)3-4-16-5-7-17-8-6-16;1-8-5-6-9(21-22(18,19)12(13,14)15)16(7-8)10(17)20-11(2,3)4;9-7(10)1-2-8-3-5-11-6-4-8;7-4-1-2-6(9)5(8)3-4/h6-8,15,17H,5,9-14,16H2,1-4H3;5-6,13H,7-12H2,1-4H3;1-2,9H,3-8H2;6,8H,5,7H2,1-4H3;1-6H2,(H,9,10);1-3,9H,8H2/t17-;;;8-;;/m0..0../s1. The lowest BCUT2D eigenvalue weighted by Gasteiger charge is -2.33. The van der Waals surface area contributed by atoms with Crippen LogP contribution in [0.15, 0.2) is 95.7 Å². The normalized spacial score (nSPS) is 19.7. The van der Waals surface area contributed by atoms with Gasteiger partial charge in [-0.15, -0.1) is 46.6 Å². The van der Waals surface area contributed by atoms with Crippen molar-refractivity contribution in [2.75, 3.05) is 150 Å². The van der Waals surface area contributed by atoms with Crippen LogP contribution in [0.5, 0.6) is 0 Å². The van der Waals surface area contributed by atoms with Crippen molar-refractivity contribution in [2.24, 2.45) is 11.8 Å². The van der Waals surface area contributed by atoms with E-state index in [1.807, 2.05) is 39.0 Å². The Bertz CT molecular complexity index is 4580. The Labute approximate surface area is 713 Å². The fourth-order valence-corrected chi connectivity index (χ4v) is 16.4. The zero-order valence-corrected chi connectivity index (χ0v) is 74.5. The number of nitrogens with zero attached hydrogens (tertiary/aromatic N) is 9. The summed E-state index contributed by atoms with van der Waals surface area (Å²) in [5.74, 6) is -1.08. The van der Waals surface area contributed by atoms with E-state index in [9.17, 15) is 36.0 Å². The number of hydrogen-bond donors (Lipinski definition) is 3. The number of thiol groups is 1. The van der Waals surface area contributed by atoms with Gasteiger partial charge in [-0.25, -0.2) is 29.4 Å². The maximum Gasteiger partial charge on any atom is 0.534 e. The Morgan fingerprint density at radius 2 is 0.974 bits per heavy atom. The third-order valence-corrected chi connectivity index (χ3v) is 24.9. The van der Waals surface area contributed by atoms with Crippen molar-refractivity contribution in [2.45, 2.75) is 154 Å². The number of ether oxygens (including phenoxy) is 6. The third-order valence-electron chi connectivity index (χ3n) is 19.7. The molecule has 4 aromatic carbocycles. The molecule has 0 radical (unpaired) electrons. The minimum Gasteiger partial charge on any atom is -0.481 e. The molecule has 3 aromatic heterocycles. The van der Waals surface area contributed by atoms with E-state index in [1.54, 1.807) is 84.8 Å². The predicted octanol–water partition coefficient (Wildman–Crippen LogP) is 15.1. The SMILES string of the molecule is CC1(C)OB(c2ccc3sc(CCN4CCOCC4)nc3c2)OC1(C)C.C[C@H]1CC=C(OS(=O)(=O)C(F)(F)F)N(C(=O)OC(C)(C)C)C1.C[C@H]1CC=C(c2ccc3sc(CCN4CCOCC4)nc3c2)N(C(=O)OC(C)(C)C)C1.Clc1ccc2sc(CCN3CCOCC3)nc2c1.Nc1cc(Cl)ccc1S.O=C(O)CCN1CCOCC1. The van der Waals surface area contributed by atoms with Gasteiger partial charge in [-0.3, -0.25) is 29.3 Å². The second-order valence-corrected chi connectivity index (χ2v) is 38.6. The van der Waals surface area contributed by atoms with Crippen LogP contribution in [-0.4, -0.2) is 256 Å². The molecule has 644 valence electrons. The van der Waals surface area contributed by atoms with Crippen molar-refractivity contribution in [3.8, 4) is 0 Å². The Hall–Kier alpha value is -6.03. The molecule has 2 atom stereocenters. The first-order chi connectivity index (χ1) is 55.1. The Kier molecular flexibility index (Phi) is 35.0. The van der Waals surface area contributed by atoms with E-state index in [4.69, 9.17) is 81.7 Å². The van der Waals surface area contributed by atoms with Crippen LogP contribution in [-0.2, 0) is 76.1 Å². The fraction of sp³-hybridized carbons (Fsp3) is 0.580. The summed E-state index contributed by atoms with van der Waals surface area (Å²) in [6, 6.07) is 23.8. The molecule has 3 N–H and O–H groups in total. The molecule has 2 amide bonds. The van der Waals surface area contributed by atoms with Crippen molar-refractivity contribution in [1.29, 1.82) is 0 Å². The summed E-state index contributed by atoms with van der Waals surface area (Å²) < 4.78 is 111. The zero-order chi connectivity index (χ0) is 85.0. The van der Waals surface area contributed by atoms with E-state index in [0.717, 1.165) is 210 Å². The van der Waals surface area contributed by atoms with Crippen LogP contribution in [0.25, 0.3) is 36.3 Å². The van der Waals surface area contributed by atoms with Gasteiger partial charge in [0.2, 0.25) is 5.88 Å². The highest BCUT2D eigenvalue weighted by Crippen LogP contribution is 2.38. The van der Waals surface area contributed by atoms with E-state index >= 15 is 0 Å². The van der Waals surface area contributed by atoms with Crippen LogP contribution < -0.4 is 11.2 Å². The Morgan fingerprint density at radius 1 is 0.581 bits per heavy atom. The molecule has 0 aliphatic carbocycles. The Morgan fingerprint density at radius 3 is 1.41 bits per heavy atom. The van der Waals surface area contributed by atoms with Gasteiger partial charge in [0.15, 0.2) is 0 Å². The van der Waals surface area contributed by atoms with Crippen LogP contribution >= 0.6 is 69.8 Å². The molecule has 5 saturated heterocycles. The number of fused-ring (bicyclic) bond motifs is 3. The molecule has 14 rings (SSSR count). The number of nitrogen functional groups attached to an aromatic ring is 1. The van der Waals surface area contributed by atoms with E-state index in [-0.39, 0.29) is 49.7 Å². The first kappa shape index (κ1) is 94.8. The minimum absolute atomic E-state index is 0.00583. The van der Waals surface area contributed by atoms with Gasteiger partial charge >= 0.3 is 40.9 Å². The van der Waals surface area contributed by atoms with Gasteiger partial charge in [0.1, 0.15) is 11.2 Å². The highest BCUT2D eigenvalue weighted by molar-refractivity contribution is 7.87. The number of carbonyl (C=O) groups is 3. The summed E-state index contributed by atoms with van der Waals surface area (Å²) in [4.78, 5) is 62.2. The molecule has 7 aliphatic heterocycles. The summed E-state index contributed by atoms with van der Waals surface area (Å²) in [6.07, 6.45) is 6.46.